The number of anilines is 1. The Labute approximate surface area is 92.4 Å². The summed E-state index contributed by atoms with van der Waals surface area (Å²) in [6.45, 7) is 1.57. The molecule has 1 rings (SSSR count). The van der Waals surface area contributed by atoms with Crippen LogP contribution in [0.15, 0.2) is 24.3 Å². The quantitative estimate of drug-likeness (QED) is 0.477. The number of esters is 1. The molecule has 0 amide bonds. The van der Waals surface area contributed by atoms with E-state index >= 15 is 0 Å². The maximum absolute atomic E-state index is 11.1. The van der Waals surface area contributed by atoms with Gasteiger partial charge in [0.25, 0.3) is 5.69 Å². The van der Waals surface area contributed by atoms with Crippen LogP contribution in [-0.4, -0.2) is 24.0 Å². The van der Waals surface area contributed by atoms with Crippen molar-refractivity contribution < 1.29 is 14.5 Å². The van der Waals surface area contributed by atoms with Crippen molar-refractivity contribution in [1.29, 1.82) is 0 Å². The molecule has 1 unspecified atom stereocenters. The van der Waals surface area contributed by atoms with Crippen LogP contribution in [0.3, 0.4) is 0 Å². The number of carbonyl (C=O) groups is 1. The van der Waals surface area contributed by atoms with Crippen molar-refractivity contribution in [2.24, 2.45) is 0 Å². The van der Waals surface area contributed by atoms with Crippen LogP contribution >= 0.6 is 0 Å². The van der Waals surface area contributed by atoms with Crippen LogP contribution < -0.4 is 5.32 Å². The molecule has 0 saturated heterocycles. The van der Waals surface area contributed by atoms with Crippen LogP contribution in [0.5, 0.6) is 0 Å². The van der Waals surface area contributed by atoms with Gasteiger partial charge in [-0.15, -0.1) is 0 Å². The number of nitrogens with one attached hydrogen (secondary N) is 1. The number of rotatable bonds is 4. The molecule has 16 heavy (non-hydrogen) atoms. The second-order valence-corrected chi connectivity index (χ2v) is 3.16. The lowest BCUT2D eigenvalue weighted by molar-refractivity contribution is -0.384. The highest BCUT2D eigenvalue weighted by Crippen LogP contribution is 2.23. The van der Waals surface area contributed by atoms with Crippen molar-refractivity contribution >= 4 is 17.3 Å². The predicted octanol–water partition coefficient (Wildman–Crippen LogP) is 1.57. The fourth-order valence-corrected chi connectivity index (χ4v) is 1.22. The van der Waals surface area contributed by atoms with Gasteiger partial charge in [-0.05, 0) is 13.0 Å². The highest BCUT2D eigenvalue weighted by Gasteiger charge is 2.18. The summed E-state index contributed by atoms with van der Waals surface area (Å²) in [5, 5.41) is 13.4. The molecule has 0 bridgehead atoms. The average molecular weight is 224 g/mol. The summed E-state index contributed by atoms with van der Waals surface area (Å²) < 4.78 is 4.51. The molecular formula is C10H12N2O4. The van der Waals surface area contributed by atoms with Crippen LogP contribution in [0.4, 0.5) is 11.4 Å². The van der Waals surface area contributed by atoms with Crippen molar-refractivity contribution in [2.75, 3.05) is 12.4 Å². The second kappa shape index (κ2) is 5.11. The van der Waals surface area contributed by atoms with Gasteiger partial charge in [-0.2, -0.15) is 0 Å². The summed E-state index contributed by atoms with van der Waals surface area (Å²) in [6.07, 6.45) is 0. The number of para-hydroxylation sites is 2. The van der Waals surface area contributed by atoms with Gasteiger partial charge in [-0.3, -0.25) is 10.1 Å². The smallest absolute Gasteiger partial charge is 0.327 e. The summed E-state index contributed by atoms with van der Waals surface area (Å²) >= 11 is 0. The van der Waals surface area contributed by atoms with Gasteiger partial charge in [-0.1, -0.05) is 12.1 Å². The SMILES string of the molecule is COC(=O)C(C)Nc1ccccc1[N+](=O)[O-]. The Hall–Kier alpha value is -2.11. The number of nitro benzene ring substituents is 1. The Morgan fingerprint density at radius 1 is 1.50 bits per heavy atom. The Bertz CT molecular complexity index is 406. The van der Waals surface area contributed by atoms with Crippen molar-refractivity contribution in [2.45, 2.75) is 13.0 Å². The molecule has 1 N–H and O–H groups in total. The third-order valence-electron chi connectivity index (χ3n) is 2.03. The van der Waals surface area contributed by atoms with Gasteiger partial charge in [0, 0.05) is 6.07 Å². The molecule has 0 aliphatic rings. The number of methoxy groups -OCH3 is 1. The molecular weight excluding hydrogens is 212 g/mol. The van der Waals surface area contributed by atoms with E-state index in [-0.39, 0.29) is 5.69 Å². The summed E-state index contributed by atoms with van der Waals surface area (Å²) in [5.74, 6) is -0.474. The minimum Gasteiger partial charge on any atom is -0.467 e. The third-order valence-corrected chi connectivity index (χ3v) is 2.03. The van der Waals surface area contributed by atoms with E-state index in [0.717, 1.165) is 0 Å². The number of hydrogen-bond acceptors (Lipinski definition) is 5. The van der Waals surface area contributed by atoms with E-state index in [9.17, 15) is 14.9 Å². The van der Waals surface area contributed by atoms with Crippen molar-refractivity contribution in [3.8, 4) is 0 Å². The van der Waals surface area contributed by atoms with E-state index in [1.165, 1.54) is 19.2 Å². The first-order chi connectivity index (χ1) is 7.56. The Balaban J connectivity index is 2.88. The van der Waals surface area contributed by atoms with E-state index in [1.807, 2.05) is 0 Å². The fourth-order valence-electron chi connectivity index (χ4n) is 1.22. The lowest BCUT2D eigenvalue weighted by Gasteiger charge is -2.12. The first kappa shape index (κ1) is 12.0. The summed E-state index contributed by atoms with van der Waals surface area (Å²) in [6, 6.07) is 5.49. The van der Waals surface area contributed by atoms with Gasteiger partial charge in [0.1, 0.15) is 11.7 Å². The van der Waals surface area contributed by atoms with Gasteiger partial charge < -0.3 is 10.1 Å². The number of nitro groups is 1. The Kier molecular flexibility index (Phi) is 3.82. The van der Waals surface area contributed by atoms with E-state index < -0.39 is 16.9 Å². The van der Waals surface area contributed by atoms with E-state index in [4.69, 9.17) is 0 Å². The molecule has 0 aliphatic carbocycles. The van der Waals surface area contributed by atoms with Crippen LogP contribution in [0.2, 0.25) is 0 Å². The van der Waals surface area contributed by atoms with Crippen LogP contribution in [0, 0.1) is 10.1 Å². The molecule has 1 atom stereocenters. The third kappa shape index (κ3) is 2.69. The molecule has 0 spiro atoms. The molecule has 0 heterocycles. The van der Waals surface area contributed by atoms with E-state index in [1.54, 1.807) is 19.1 Å². The van der Waals surface area contributed by atoms with Crippen LogP contribution in [-0.2, 0) is 9.53 Å². The Morgan fingerprint density at radius 3 is 2.69 bits per heavy atom. The molecule has 0 aromatic heterocycles. The van der Waals surface area contributed by atoms with Gasteiger partial charge in [0.05, 0.1) is 12.0 Å². The van der Waals surface area contributed by atoms with Crippen LogP contribution in [0.25, 0.3) is 0 Å². The maximum Gasteiger partial charge on any atom is 0.327 e. The van der Waals surface area contributed by atoms with Crippen molar-refractivity contribution in [3.63, 3.8) is 0 Å². The largest absolute Gasteiger partial charge is 0.467 e. The molecule has 0 saturated carbocycles. The van der Waals surface area contributed by atoms with Gasteiger partial charge in [0.15, 0.2) is 0 Å². The highest BCUT2D eigenvalue weighted by atomic mass is 16.6. The lowest BCUT2D eigenvalue weighted by atomic mass is 10.2. The zero-order valence-electron chi connectivity index (χ0n) is 8.97. The lowest BCUT2D eigenvalue weighted by Crippen LogP contribution is -2.27. The summed E-state index contributed by atoms with van der Waals surface area (Å²) in [5.41, 5.74) is 0.226. The van der Waals surface area contributed by atoms with Crippen LogP contribution in [0.1, 0.15) is 6.92 Å². The molecule has 1 aromatic carbocycles. The first-order valence-electron chi connectivity index (χ1n) is 4.64. The minimum absolute atomic E-state index is 0.0711. The van der Waals surface area contributed by atoms with Crippen molar-refractivity contribution in [3.05, 3.63) is 34.4 Å². The molecule has 86 valence electrons. The zero-order chi connectivity index (χ0) is 12.1. The predicted molar refractivity (Wildman–Crippen MR) is 58.2 cm³/mol. The normalized spacial score (nSPS) is 11.6. The van der Waals surface area contributed by atoms with Gasteiger partial charge in [-0.25, -0.2) is 4.79 Å². The number of nitrogens with zero attached hydrogens (tertiary/aromatic N) is 1. The highest BCUT2D eigenvalue weighted by molar-refractivity contribution is 5.80. The van der Waals surface area contributed by atoms with E-state index in [2.05, 4.69) is 10.1 Å². The monoisotopic (exact) mass is 224 g/mol. The van der Waals surface area contributed by atoms with Crippen molar-refractivity contribution in [1.82, 2.24) is 0 Å². The summed E-state index contributed by atoms with van der Waals surface area (Å²) in [4.78, 5) is 21.3. The number of carbonyl (C=O) groups excluding carboxylic acids is 1. The first-order valence-corrected chi connectivity index (χ1v) is 4.64. The molecule has 0 aliphatic heterocycles. The zero-order valence-corrected chi connectivity index (χ0v) is 8.97. The molecule has 6 heteroatoms. The number of benzene rings is 1. The number of ether oxygens (including phenoxy) is 1. The molecule has 0 radical (unpaired) electrons. The molecule has 6 nitrogen and oxygen atoms in total. The molecule has 0 fully saturated rings. The fraction of sp³-hybridized carbons (Fsp3) is 0.300. The van der Waals surface area contributed by atoms with Gasteiger partial charge >= 0.3 is 5.97 Å². The maximum atomic E-state index is 11.1. The average Bonchev–Trinajstić information content (AvgIpc) is 2.28. The minimum atomic E-state index is -0.633. The number of hydrogen-bond donors (Lipinski definition) is 1. The van der Waals surface area contributed by atoms with Gasteiger partial charge in [0.2, 0.25) is 0 Å². The second-order valence-electron chi connectivity index (χ2n) is 3.16. The molecule has 1 aromatic rings. The standard InChI is InChI=1S/C10H12N2O4/c1-7(10(13)16-2)11-8-5-3-4-6-9(8)12(14)15/h3-7,11H,1-2H3. The topological polar surface area (TPSA) is 81.5 Å². The van der Waals surface area contributed by atoms with E-state index in [0.29, 0.717) is 5.69 Å². The Morgan fingerprint density at radius 2 is 2.12 bits per heavy atom. The summed E-state index contributed by atoms with van der Waals surface area (Å²) in [7, 11) is 1.26.